The molecule has 1 heterocycles. The average molecular weight is 214 g/mol. The van der Waals surface area contributed by atoms with E-state index in [0.29, 0.717) is 6.04 Å². The zero-order chi connectivity index (χ0) is 9.68. The first-order chi connectivity index (χ1) is 6.24. The molecule has 2 N–H and O–H groups in total. The van der Waals surface area contributed by atoms with Crippen molar-refractivity contribution < 1.29 is 0 Å². The molecule has 1 aromatic heterocycles. The molecule has 0 radical (unpaired) electrons. The molecule has 0 saturated heterocycles. The Kier molecular flexibility index (Phi) is 4.18. The number of rotatable bonds is 3. The quantitative estimate of drug-likeness (QED) is 0.755. The molecule has 0 aliphatic carbocycles. The van der Waals surface area contributed by atoms with Gasteiger partial charge in [-0.15, -0.1) is 11.3 Å². The molecular formula is C9H14N2S2. The van der Waals surface area contributed by atoms with Crippen LogP contribution in [0.2, 0.25) is 0 Å². The van der Waals surface area contributed by atoms with Crippen molar-refractivity contribution in [2.45, 2.75) is 19.9 Å². The van der Waals surface area contributed by atoms with E-state index in [0.717, 1.165) is 11.7 Å². The van der Waals surface area contributed by atoms with Gasteiger partial charge in [-0.05, 0) is 37.5 Å². The first-order valence-electron chi connectivity index (χ1n) is 4.31. The second kappa shape index (κ2) is 5.19. The van der Waals surface area contributed by atoms with Crippen molar-refractivity contribution in [1.82, 2.24) is 10.6 Å². The van der Waals surface area contributed by atoms with Crippen LogP contribution in [-0.2, 0) is 0 Å². The highest BCUT2D eigenvalue weighted by Gasteiger charge is 2.06. The molecule has 0 spiro atoms. The van der Waals surface area contributed by atoms with Gasteiger partial charge >= 0.3 is 0 Å². The molecule has 4 heteroatoms. The van der Waals surface area contributed by atoms with Gasteiger partial charge in [-0.3, -0.25) is 0 Å². The molecule has 0 aliphatic rings. The Balaban J connectivity index is 2.42. The third-order valence-electron chi connectivity index (χ3n) is 1.65. The van der Waals surface area contributed by atoms with Gasteiger partial charge in [0.2, 0.25) is 0 Å². The summed E-state index contributed by atoms with van der Waals surface area (Å²) in [6.07, 6.45) is 0. The highest BCUT2D eigenvalue weighted by Crippen LogP contribution is 2.17. The van der Waals surface area contributed by atoms with Crippen LogP contribution in [0, 0.1) is 0 Å². The first kappa shape index (κ1) is 10.5. The standard InChI is InChI=1S/C9H14N2S2/c1-3-10-9(12)11-7(2)8-5-4-6-13-8/h4-7H,3H2,1-2H3,(H2,10,11,12). The summed E-state index contributed by atoms with van der Waals surface area (Å²) in [5, 5.41) is 9.08. The third kappa shape index (κ3) is 3.32. The lowest BCUT2D eigenvalue weighted by Crippen LogP contribution is -2.36. The summed E-state index contributed by atoms with van der Waals surface area (Å²) < 4.78 is 0. The van der Waals surface area contributed by atoms with Crippen LogP contribution in [-0.4, -0.2) is 11.7 Å². The van der Waals surface area contributed by atoms with Crippen molar-refractivity contribution in [2.24, 2.45) is 0 Å². The van der Waals surface area contributed by atoms with Gasteiger partial charge in [0.25, 0.3) is 0 Å². The summed E-state index contributed by atoms with van der Waals surface area (Å²) >= 11 is 6.83. The molecule has 1 unspecified atom stereocenters. The molecule has 1 aromatic rings. The van der Waals surface area contributed by atoms with Gasteiger partial charge < -0.3 is 10.6 Å². The summed E-state index contributed by atoms with van der Waals surface area (Å²) in [5.41, 5.74) is 0. The molecule has 2 nitrogen and oxygen atoms in total. The summed E-state index contributed by atoms with van der Waals surface area (Å²) in [6, 6.07) is 4.46. The highest BCUT2D eigenvalue weighted by molar-refractivity contribution is 7.80. The van der Waals surface area contributed by atoms with E-state index in [1.807, 2.05) is 6.92 Å². The maximum absolute atomic E-state index is 5.09. The molecule has 0 bridgehead atoms. The Bertz CT molecular complexity index is 257. The largest absolute Gasteiger partial charge is 0.363 e. The van der Waals surface area contributed by atoms with Crippen molar-refractivity contribution in [3.05, 3.63) is 22.4 Å². The van der Waals surface area contributed by atoms with E-state index in [2.05, 4.69) is 35.1 Å². The third-order valence-corrected chi connectivity index (χ3v) is 2.97. The highest BCUT2D eigenvalue weighted by atomic mass is 32.1. The number of hydrogen-bond acceptors (Lipinski definition) is 2. The summed E-state index contributed by atoms with van der Waals surface area (Å²) in [6.45, 7) is 5.00. The molecule has 1 atom stereocenters. The van der Waals surface area contributed by atoms with Gasteiger partial charge in [0, 0.05) is 11.4 Å². The number of hydrogen-bond donors (Lipinski definition) is 2. The van der Waals surface area contributed by atoms with Crippen molar-refractivity contribution in [1.29, 1.82) is 0 Å². The smallest absolute Gasteiger partial charge is 0.166 e. The van der Waals surface area contributed by atoms with E-state index < -0.39 is 0 Å². The number of thiocarbonyl (C=S) groups is 1. The van der Waals surface area contributed by atoms with Crippen LogP contribution in [0.15, 0.2) is 17.5 Å². The lowest BCUT2D eigenvalue weighted by Gasteiger charge is -2.14. The van der Waals surface area contributed by atoms with E-state index in [-0.39, 0.29) is 0 Å². The fourth-order valence-electron chi connectivity index (χ4n) is 1.02. The maximum Gasteiger partial charge on any atom is 0.166 e. The molecule has 13 heavy (non-hydrogen) atoms. The van der Waals surface area contributed by atoms with Crippen LogP contribution in [0.5, 0.6) is 0 Å². The lowest BCUT2D eigenvalue weighted by atomic mass is 10.3. The van der Waals surface area contributed by atoms with Crippen LogP contribution in [0.1, 0.15) is 24.8 Å². The fourth-order valence-corrected chi connectivity index (χ4v) is 2.07. The van der Waals surface area contributed by atoms with Gasteiger partial charge in [-0.2, -0.15) is 0 Å². The van der Waals surface area contributed by atoms with Crippen molar-refractivity contribution >= 4 is 28.7 Å². The minimum absolute atomic E-state index is 0.298. The Hall–Kier alpha value is -0.610. The topological polar surface area (TPSA) is 24.1 Å². The monoisotopic (exact) mass is 214 g/mol. The Morgan fingerprint density at radius 1 is 1.69 bits per heavy atom. The molecular weight excluding hydrogens is 200 g/mol. The molecule has 0 aliphatic heterocycles. The van der Waals surface area contributed by atoms with Gasteiger partial charge in [-0.1, -0.05) is 6.07 Å². The molecule has 0 saturated carbocycles. The maximum atomic E-state index is 5.09. The van der Waals surface area contributed by atoms with E-state index in [9.17, 15) is 0 Å². The summed E-state index contributed by atoms with van der Waals surface area (Å²) in [4.78, 5) is 1.31. The van der Waals surface area contributed by atoms with Crippen LogP contribution < -0.4 is 10.6 Å². The van der Waals surface area contributed by atoms with Crippen LogP contribution >= 0.6 is 23.6 Å². The van der Waals surface area contributed by atoms with E-state index in [1.165, 1.54) is 4.88 Å². The van der Waals surface area contributed by atoms with Gasteiger partial charge in [-0.25, -0.2) is 0 Å². The van der Waals surface area contributed by atoms with Crippen LogP contribution in [0.3, 0.4) is 0 Å². The fraction of sp³-hybridized carbons (Fsp3) is 0.444. The van der Waals surface area contributed by atoms with E-state index in [1.54, 1.807) is 11.3 Å². The molecule has 1 rings (SSSR count). The van der Waals surface area contributed by atoms with Crippen LogP contribution in [0.4, 0.5) is 0 Å². The Morgan fingerprint density at radius 3 is 3.00 bits per heavy atom. The second-order valence-electron chi connectivity index (χ2n) is 2.74. The van der Waals surface area contributed by atoms with Gasteiger partial charge in [0.15, 0.2) is 5.11 Å². The normalized spacial score (nSPS) is 12.2. The minimum Gasteiger partial charge on any atom is -0.363 e. The Morgan fingerprint density at radius 2 is 2.46 bits per heavy atom. The van der Waals surface area contributed by atoms with Crippen LogP contribution in [0.25, 0.3) is 0 Å². The number of nitrogens with one attached hydrogen (secondary N) is 2. The predicted octanol–water partition coefficient (Wildman–Crippen LogP) is 2.29. The molecule has 72 valence electrons. The SMILES string of the molecule is CCNC(=S)NC(C)c1cccs1. The molecule has 0 fully saturated rings. The average Bonchev–Trinajstić information content (AvgIpc) is 2.55. The van der Waals surface area contributed by atoms with Crippen molar-refractivity contribution in [3.8, 4) is 0 Å². The lowest BCUT2D eigenvalue weighted by molar-refractivity contribution is 0.715. The van der Waals surface area contributed by atoms with E-state index >= 15 is 0 Å². The van der Waals surface area contributed by atoms with E-state index in [4.69, 9.17) is 12.2 Å². The predicted molar refractivity (Wildman–Crippen MR) is 62.1 cm³/mol. The Labute approximate surface area is 88.4 Å². The second-order valence-corrected chi connectivity index (χ2v) is 4.13. The minimum atomic E-state index is 0.298. The molecule has 0 amide bonds. The summed E-state index contributed by atoms with van der Waals surface area (Å²) in [5.74, 6) is 0. The zero-order valence-electron chi connectivity index (χ0n) is 7.83. The zero-order valence-corrected chi connectivity index (χ0v) is 9.47. The van der Waals surface area contributed by atoms with Crippen molar-refractivity contribution in [3.63, 3.8) is 0 Å². The number of thiophene rings is 1. The van der Waals surface area contributed by atoms with Gasteiger partial charge in [0.05, 0.1) is 6.04 Å². The van der Waals surface area contributed by atoms with Gasteiger partial charge in [0.1, 0.15) is 0 Å². The summed E-state index contributed by atoms with van der Waals surface area (Å²) in [7, 11) is 0. The first-order valence-corrected chi connectivity index (χ1v) is 5.60. The van der Waals surface area contributed by atoms with Crippen molar-refractivity contribution in [2.75, 3.05) is 6.54 Å². The molecule has 0 aromatic carbocycles.